The van der Waals surface area contributed by atoms with Gasteiger partial charge in [0, 0.05) is 23.6 Å². The normalized spacial score (nSPS) is 10.5. The summed E-state index contributed by atoms with van der Waals surface area (Å²) < 4.78 is 13.5. The van der Waals surface area contributed by atoms with E-state index < -0.39 is 0 Å². The van der Waals surface area contributed by atoms with Crippen molar-refractivity contribution in [1.82, 2.24) is 20.2 Å². The monoisotopic (exact) mass is 311 g/mol. The second-order valence-electron chi connectivity index (χ2n) is 5.04. The fraction of sp³-hybridized carbons (Fsp3) is 0.125. The number of halogens is 1. The molecule has 0 atom stereocenters. The molecule has 2 aromatic heterocycles. The summed E-state index contributed by atoms with van der Waals surface area (Å²) in [5.74, 6) is 0.236. The van der Waals surface area contributed by atoms with Crippen LogP contribution in [0.25, 0.3) is 11.4 Å². The number of aromatic amines is 1. The van der Waals surface area contributed by atoms with Crippen LogP contribution in [0, 0.1) is 12.7 Å². The lowest BCUT2D eigenvalue weighted by Gasteiger charge is -2.05. The Bertz CT molecular complexity index is 831. The molecule has 0 unspecified atom stereocenters. The molecule has 0 aliphatic heterocycles. The lowest BCUT2D eigenvalue weighted by atomic mass is 10.2. The number of nitrogens with one attached hydrogen (secondary N) is 2. The van der Waals surface area contributed by atoms with Gasteiger partial charge in [-0.05, 0) is 36.8 Å². The number of benzene rings is 1. The van der Waals surface area contributed by atoms with Crippen LogP contribution in [0.2, 0.25) is 0 Å². The van der Waals surface area contributed by atoms with E-state index in [0.717, 1.165) is 5.56 Å². The quantitative estimate of drug-likeness (QED) is 0.775. The summed E-state index contributed by atoms with van der Waals surface area (Å²) in [6, 6.07) is 8.16. The second-order valence-corrected chi connectivity index (χ2v) is 5.04. The topological polar surface area (TPSA) is 83.6 Å². The summed E-state index contributed by atoms with van der Waals surface area (Å²) in [4.78, 5) is 20.2. The van der Waals surface area contributed by atoms with Crippen molar-refractivity contribution in [3.8, 4) is 11.4 Å². The summed E-state index contributed by atoms with van der Waals surface area (Å²) in [6.45, 7) is 1.66. The highest BCUT2D eigenvalue weighted by molar-refractivity contribution is 5.91. The maximum Gasteiger partial charge on any atom is 0.232 e. The number of hydrogen-bond acceptors (Lipinski definition) is 4. The van der Waals surface area contributed by atoms with Gasteiger partial charge in [0.1, 0.15) is 11.6 Å². The van der Waals surface area contributed by atoms with Crippen LogP contribution in [0.1, 0.15) is 11.4 Å². The molecule has 7 heteroatoms. The number of anilines is 1. The molecule has 1 amide bonds. The van der Waals surface area contributed by atoms with E-state index in [0.29, 0.717) is 22.9 Å². The minimum atomic E-state index is -0.360. The molecular formula is C16H14FN5O. The minimum absolute atomic E-state index is 0.0166. The number of aryl methyl sites for hydroxylation is 1. The Morgan fingerprint density at radius 3 is 2.96 bits per heavy atom. The van der Waals surface area contributed by atoms with Crippen molar-refractivity contribution >= 4 is 11.6 Å². The molecule has 23 heavy (non-hydrogen) atoms. The largest absolute Gasteiger partial charge is 0.326 e. The summed E-state index contributed by atoms with van der Waals surface area (Å²) in [5.41, 5.74) is 1.69. The Hall–Kier alpha value is -3.09. The second kappa shape index (κ2) is 6.35. The SMILES string of the molecule is Cc1ccc(NC(=O)Cc2nc(-c3cccnc3)n[nH]2)cc1F. The van der Waals surface area contributed by atoms with Gasteiger partial charge in [-0.3, -0.25) is 14.9 Å². The van der Waals surface area contributed by atoms with Gasteiger partial charge in [0.25, 0.3) is 0 Å². The molecule has 3 rings (SSSR count). The molecule has 0 aliphatic rings. The van der Waals surface area contributed by atoms with Crippen molar-refractivity contribution in [2.75, 3.05) is 5.32 Å². The van der Waals surface area contributed by atoms with Crippen LogP contribution in [0.4, 0.5) is 10.1 Å². The first-order chi connectivity index (χ1) is 11.1. The number of amides is 1. The van der Waals surface area contributed by atoms with Gasteiger partial charge in [-0.1, -0.05) is 6.07 Å². The molecule has 116 valence electrons. The Balaban J connectivity index is 1.66. The average Bonchev–Trinajstić information content (AvgIpc) is 3.00. The fourth-order valence-electron chi connectivity index (χ4n) is 2.03. The molecule has 0 spiro atoms. The Morgan fingerprint density at radius 1 is 1.35 bits per heavy atom. The summed E-state index contributed by atoms with van der Waals surface area (Å²) in [7, 11) is 0. The van der Waals surface area contributed by atoms with Gasteiger partial charge in [0.15, 0.2) is 5.82 Å². The highest BCUT2D eigenvalue weighted by Crippen LogP contribution is 2.15. The van der Waals surface area contributed by atoms with E-state index in [1.165, 1.54) is 6.07 Å². The summed E-state index contributed by atoms with van der Waals surface area (Å²) in [6.07, 6.45) is 3.32. The number of carbonyl (C=O) groups excluding carboxylic acids is 1. The van der Waals surface area contributed by atoms with Crippen molar-refractivity contribution in [2.45, 2.75) is 13.3 Å². The van der Waals surface area contributed by atoms with Crippen LogP contribution in [-0.2, 0) is 11.2 Å². The van der Waals surface area contributed by atoms with Crippen LogP contribution in [0.5, 0.6) is 0 Å². The first kappa shape index (κ1) is 14.8. The molecule has 1 aromatic carbocycles. The first-order valence-electron chi connectivity index (χ1n) is 6.99. The van der Waals surface area contributed by atoms with Crippen molar-refractivity contribution in [1.29, 1.82) is 0 Å². The number of carbonyl (C=O) groups is 1. The lowest BCUT2D eigenvalue weighted by Crippen LogP contribution is -2.15. The van der Waals surface area contributed by atoms with Crippen LogP contribution < -0.4 is 5.32 Å². The van der Waals surface area contributed by atoms with Gasteiger partial charge in [-0.25, -0.2) is 9.37 Å². The molecule has 2 heterocycles. The van der Waals surface area contributed by atoms with E-state index in [-0.39, 0.29) is 18.1 Å². The molecule has 0 fully saturated rings. The third kappa shape index (κ3) is 3.57. The predicted octanol–water partition coefficient (Wildman–Crippen LogP) is 2.50. The van der Waals surface area contributed by atoms with E-state index in [9.17, 15) is 9.18 Å². The van der Waals surface area contributed by atoms with Gasteiger partial charge < -0.3 is 5.32 Å². The first-order valence-corrected chi connectivity index (χ1v) is 6.99. The van der Waals surface area contributed by atoms with E-state index in [1.54, 1.807) is 37.5 Å². The average molecular weight is 311 g/mol. The molecule has 0 aliphatic carbocycles. The fourth-order valence-corrected chi connectivity index (χ4v) is 2.03. The molecule has 0 radical (unpaired) electrons. The number of hydrogen-bond donors (Lipinski definition) is 2. The van der Waals surface area contributed by atoms with Crippen molar-refractivity contribution in [3.05, 3.63) is 59.9 Å². The predicted molar refractivity (Wildman–Crippen MR) is 83.1 cm³/mol. The minimum Gasteiger partial charge on any atom is -0.326 e. The maximum absolute atomic E-state index is 13.5. The Kier molecular flexibility index (Phi) is 4.09. The molecule has 0 saturated carbocycles. The molecule has 6 nitrogen and oxygen atoms in total. The van der Waals surface area contributed by atoms with Crippen molar-refractivity contribution < 1.29 is 9.18 Å². The van der Waals surface area contributed by atoms with Crippen LogP contribution >= 0.6 is 0 Å². The highest BCUT2D eigenvalue weighted by atomic mass is 19.1. The number of pyridine rings is 1. The van der Waals surface area contributed by atoms with E-state index >= 15 is 0 Å². The van der Waals surface area contributed by atoms with Crippen molar-refractivity contribution in [2.24, 2.45) is 0 Å². The molecule has 0 bridgehead atoms. The van der Waals surface area contributed by atoms with Crippen LogP contribution in [0.15, 0.2) is 42.7 Å². The van der Waals surface area contributed by atoms with E-state index in [4.69, 9.17) is 0 Å². The van der Waals surface area contributed by atoms with Gasteiger partial charge in [-0.15, -0.1) is 0 Å². The maximum atomic E-state index is 13.5. The van der Waals surface area contributed by atoms with Crippen LogP contribution in [0.3, 0.4) is 0 Å². The number of rotatable bonds is 4. The zero-order chi connectivity index (χ0) is 16.2. The third-order valence-electron chi connectivity index (χ3n) is 3.24. The Morgan fingerprint density at radius 2 is 2.22 bits per heavy atom. The zero-order valence-electron chi connectivity index (χ0n) is 12.4. The van der Waals surface area contributed by atoms with Gasteiger partial charge >= 0.3 is 0 Å². The van der Waals surface area contributed by atoms with Gasteiger partial charge in [-0.2, -0.15) is 5.10 Å². The highest BCUT2D eigenvalue weighted by Gasteiger charge is 2.11. The molecule has 2 N–H and O–H groups in total. The summed E-state index contributed by atoms with van der Waals surface area (Å²) in [5, 5.41) is 9.40. The molecule has 3 aromatic rings. The molecule has 0 saturated heterocycles. The molecular weight excluding hydrogens is 297 g/mol. The number of aromatic nitrogens is 4. The standard InChI is InChI=1S/C16H14FN5O/c1-10-4-5-12(7-13(10)17)19-15(23)8-14-20-16(22-21-14)11-3-2-6-18-9-11/h2-7,9H,8H2,1H3,(H,19,23)(H,20,21,22). The van der Waals surface area contributed by atoms with Crippen LogP contribution in [-0.4, -0.2) is 26.1 Å². The summed E-state index contributed by atoms with van der Waals surface area (Å²) >= 11 is 0. The third-order valence-corrected chi connectivity index (χ3v) is 3.24. The van der Waals surface area contributed by atoms with E-state index in [1.807, 2.05) is 6.07 Å². The van der Waals surface area contributed by atoms with E-state index in [2.05, 4.69) is 25.5 Å². The number of nitrogens with zero attached hydrogens (tertiary/aromatic N) is 3. The Labute approximate surface area is 131 Å². The number of H-pyrrole nitrogens is 1. The van der Waals surface area contributed by atoms with Gasteiger partial charge in [0.2, 0.25) is 5.91 Å². The zero-order valence-corrected chi connectivity index (χ0v) is 12.4. The lowest BCUT2D eigenvalue weighted by molar-refractivity contribution is -0.115. The van der Waals surface area contributed by atoms with Gasteiger partial charge in [0.05, 0.1) is 6.42 Å². The smallest absolute Gasteiger partial charge is 0.232 e. The van der Waals surface area contributed by atoms with Crippen molar-refractivity contribution in [3.63, 3.8) is 0 Å².